The van der Waals surface area contributed by atoms with Crippen molar-refractivity contribution in [2.45, 2.75) is 33.2 Å². The lowest BCUT2D eigenvalue weighted by atomic mass is 9.98. The fourth-order valence-electron chi connectivity index (χ4n) is 2.85. The average molecular weight is 492 g/mol. The van der Waals surface area contributed by atoms with Gasteiger partial charge in [-0.1, -0.05) is 0 Å². The monoisotopic (exact) mass is 492 g/mol. The number of nitrogens with one attached hydrogen (secondary N) is 2. The first-order chi connectivity index (χ1) is 12.6. The van der Waals surface area contributed by atoms with Crippen LogP contribution in [0, 0.1) is 5.92 Å². The third kappa shape index (κ3) is 7.77. The number of carbonyl (C=O) groups is 2. The number of hydrogen-bond donors (Lipinski definition) is 2. The lowest BCUT2D eigenvalue weighted by Crippen LogP contribution is -2.48. The number of ether oxygens (including phenoxy) is 1. The predicted octanol–water partition coefficient (Wildman–Crippen LogP) is 1.75. The van der Waals surface area contributed by atoms with Crippen LogP contribution in [0.5, 0.6) is 0 Å². The highest BCUT2D eigenvalue weighted by molar-refractivity contribution is 14.0. The number of furan rings is 1. The first-order valence-corrected chi connectivity index (χ1v) is 9.13. The summed E-state index contributed by atoms with van der Waals surface area (Å²) in [4.78, 5) is 30.4. The van der Waals surface area contributed by atoms with Gasteiger partial charge < -0.3 is 24.7 Å². The second kappa shape index (κ2) is 12.6. The van der Waals surface area contributed by atoms with Gasteiger partial charge in [0.2, 0.25) is 5.91 Å². The van der Waals surface area contributed by atoms with E-state index in [2.05, 4.69) is 15.6 Å². The summed E-state index contributed by atoms with van der Waals surface area (Å²) < 4.78 is 10.3. The minimum atomic E-state index is -0.184. The van der Waals surface area contributed by atoms with E-state index in [-0.39, 0.29) is 48.3 Å². The van der Waals surface area contributed by atoms with Gasteiger partial charge in [0, 0.05) is 19.6 Å². The molecule has 2 N–H and O–H groups in total. The molecule has 0 spiro atoms. The number of rotatable bonds is 7. The van der Waals surface area contributed by atoms with Crippen LogP contribution in [0.2, 0.25) is 0 Å². The van der Waals surface area contributed by atoms with E-state index in [4.69, 9.17) is 9.15 Å². The summed E-state index contributed by atoms with van der Waals surface area (Å²) in [6.45, 7) is 6.57. The van der Waals surface area contributed by atoms with E-state index in [9.17, 15) is 9.59 Å². The molecule has 1 unspecified atom stereocenters. The Balaban J connectivity index is 0.00000364. The quantitative estimate of drug-likeness (QED) is 0.261. The van der Waals surface area contributed by atoms with E-state index >= 15 is 0 Å². The van der Waals surface area contributed by atoms with Crippen molar-refractivity contribution in [2.24, 2.45) is 10.9 Å². The average Bonchev–Trinajstić information content (AvgIpc) is 3.17. The largest absolute Gasteiger partial charge is 0.467 e. The Labute approximate surface area is 177 Å². The molecule has 1 saturated heterocycles. The molecular formula is C18H29IN4O4. The topological polar surface area (TPSA) is 96.2 Å². The molecule has 1 atom stereocenters. The fraction of sp³-hybridized carbons (Fsp3) is 0.611. The van der Waals surface area contributed by atoms with Crippen LogP contribution in [-0.2, 0) is 20.9 Å². The van der Waals surface area contributed by atoms with Crippen molar-refractivity contribution in [3.05, 3.63) is 24.2 Å². The molecule has 1 aromatic rings. The van der Waals surface area contributed by atoms with Crippen molar-refractivity contribution in [1.29, 1.82) is 0 Å². The van der Waals surface area contributed by atoms with Gasteiger partial charge in [-0.25, -0.2) is 4.99 Å². The van der Waals surface area contributed by atoms with Gasteiger partial charge in [0.15, 0.2) is 5.96 Å². The molecular weight excluding hydrogens is 463 g/mol. The molecule has 152 valence electrons. The molecule has 1 aromatic heterocycles. The summed E-state index contributed by atoms with van der Waals surface area (Å²) in [6, 6.07) is 3.58. The highest BCUT2D eigenvalue weighted by Gasteiger charge is 2.28. The SMILES string of the molecule is CCNC(=NCC(=O)NCc1ccco1)N1CCCC(C(=O)OCC)C1.I. The molecule has 0 saturated carbocycles. The Hall–Kier alpha value is -1.78. The van der Waals surface area contributed by atoms with Crippen molar-refractivity contribution in [1.82, 2.24) is 15.5 Å². The maximum atomic E-state index is 12.0. The first-order valence-electron chi connectivity index (χ1n) is 9.13. The number of halogens is 1. The Bertz CT molecular complexity index is 607. The molecule has 1 aliphatic rings. The maximum absolute atomic E-state index is 12.0. The van der Waals surface area contributed by atoms with Gasteiger partial charge >= 0.3 is 5.97 Å². The normalized spacial score (nSPS) is 17.0. The lowest BCUT2D eigenvalue weighted by Gasteiger charge is -2.33. The minimum Gasteiger partial charge on any atom is -0.467 e. The highest BCUT2D eigenvalue weighted by Crippen LogP contribution is 2.18. The van der Waals surface area contributed by atoms with E-state index < -0.39 is 0 Å². The smallest absolute Gasteiger partial charge is 0.310 e. The van der Waals surface area contributed by atoms with Crippen LogP contribution < -0.4 is 10.6 Å². The Morgan fingerprint density at radius 3 is 2.85 bits per heavy atom. The van der Waals surface area contributed by atoms with Crippen LogP contribution >= 0.6 is 24.0 Å². The number of amides is 1. The van der Waals surface area contributed by atoms with Gasteiger partial charge in [-0.05, 0) is 38.8 Å². The summed E-state index contributed by atoms with van der Waals surface area (Å²) in [5.74, 6) is 0.845. The second-order valence-corrected chi connectivity index (χ2v) is 6.06. The van der Waals surface area contributed by atoms with Crippen LogP contribution in [0.25, 0.3) is 0 Å². The van der Waals surface area contributed by atoms with Crippen LogP contribution in [-0.4, -0.2) is 55.5 Å². The number of guanidine groups is 1. The van der Waals surface area contributed by atoms with Crippen molar-refractivity contribution in [3.8, 4) is 0 Å². The molecule has 9 heteroatoms. The maximum Gasteiger partial charge on any atom is 0.310 e. The number of piperidine rings is 1. The molecule has 1 amide bonds. The zero-order valence-corrected chi connectivity index (χ0v) is 18.2. The third-order valence-corrected chi connectivity index (χ3v) is 4.09. The second-order valence-electron chi connectivity index (χ2n) is 6.06. The zero-order valence-electron chi connectivity index (χ0n) is 15.9. The molecule has 27 heavy (non-hydrogen) atoms. The van der Waals surface area contributed by atoms with Crippen molar-refractivity contribution in [3.63, 3.8) is 0 Å². The Kier molecular flexibility index (Phi) is 10.8. The molecule has 2 rings (SSSR count). The van der Waals surface area contributed by atoms with Crippen molar-refractivity contribution >= 4 is 41.8 Å². The number of nitrogens with zero attached hydrogens (tertiary/aromatic N) is 2. The molecule has 0 aromatic carbocycles. The summed E-state index contributed by atoms with van der Waals surface area (Å²) in [5, 5.41) is 5.96. The third-order valence-electron chi connectivity index (χ3n) is 4.09. The number of esters is 1. The van der Waals surface area contributed by atoms with Crippen LogP contribution in [0.3, 0.4) is 0 Å². The predicted molar refractivity (Wildman–Crippen MR) is 113 cm³/mol. The van der Waals surface area contributed by atoms with Gasteiger partial charge in [0.05, 0.1) is 25.3 Å². The van der Waals surface area contributed by atoms with Gasteiger partial charge in [-0.2, -0.15) is 0 Å². The molecule has 0 aliphatic carbocycles. The standard InChI is InChI=1S/C18H28N4O4.HI/c1-3-19-18(21-12-16(23)20-11-15-8-6-10-26-15)22-9-5-7-14(13-22)17(24)25-4-2;/h6,8,10,14H,3-5,7,9,11-13H2,1-2H3,(H,19,21)(H,20,23);1H. The number of aliphatic imine (C=N–C) groups is 1. The zero-order chi connectivity index (χ0) is 18.8. The van der Waals surface area contributed by atoms with Crippen LogP contribution in [0.15, 0.2) is 27.8 Å². The van der Waals surface area contributed by atoms with Crippen molar-refractivity contribution in [2.75, 3.05) is 32.8 Å². The van der Waals surface area contributed by atoms with E-state index in [0.717, 1.165) is 19.4 Å². The van der Waals surface area contributed by atoms with Crippen molar-refractivity contribution < 1.29 is 18.7 Å². The first kappa shape index (κ1) is 23.3. The Morgan fingerprint density at radius 1 is 1.37 bits per heavy atom. The van der Waals surface area contributed by atoms with Gasteiger partial charge in [0.1, 0.15) is 12.3 Å². The van der Waals surface area contributed by atoms with E-state index in [0.29, 0.717) is 38.0 Å². The Morgan fingerprint density at radius 2 is 2.19 bits per heavy atom. The number of carbonyl (C=O) groups excluding carboxylic acids is 2. The summed E-state index contributed by atoms with van der Waals surface area (Å²) in [6.07, 6.45) is 3.27. The lowest BCUT2D eigenvalue weighted by molar-refractivity contribution is -0.149. The van der Waals surface area contributed by atoms with Gasteiger partial charge in [-0.3, -0.25) is 9.59 Å². The number of likely N-dealkylation sites (tertiary alicyclic amines) is 1. The van der Waals surface area contributed by atoms with Gasteiger partial charge in [-0.15, -0.1) is 24.0 Å². The molecule has 0 bridgehead atoms. The van der Waals surface area contributed by atoms with E-state index in [1.165, 1.54) is 0 Å². The van der Waals surface area contributed by atoms with E-state index in [1.54, 1.807) is 18.4 Å². The minimum absolute atomic E-state index is 0. The number of hydrogen-bond acceptors (Lipinski definition) is 5. The summed E-state index contributed by atoms with van der Waals surface area (Å²) >= 11 is 0. The molecule has 1 aliphatic heterocycles. The fourth-order valence-corrected chi connectivity index (χ4v) is 2.85. The summed E-state index contributed by atoms with van der Waals surface area (Å²) in [5.41, 5.74) is 0. The van der Waals surface area contributed by atoms with Gasteiger partial charge in [0.25, 0.3) is 0 Å². The molecule has 0 radical (unpaired) electrons. The van der Waals surface area contributed by atoms with Crippen LogP contribution in [0.4, 0.5) is 0 Å². The van der Waals surface area contributed by atoms with E-state index in [1.807, 2.05) is 18.7 Å². The molecule has 2 heterocycles. The molecule has 8 nitrogen and oxygen atoms in total. The van der Waals surface area contributed by atoms with Crippen LogP contribution in [0.1, 0.15) is 32.4 Å². The highest BCUT2D eigenvalue weighted by atomic mass is 127. The summed E-state index contributed by atoms with van der Waals surface area (Å²) in [7, 11) is 0. The molecule has 1 fully saturated rings.